The number of para-hydroxylation sites is 1. The van der Waals surface area contributed by atoms with E-state index < -0.39 is 17.7 Å². The predicted molar refractivity (Wildman–Crippen MR) is 88.0 cm³/mol. The minimum atomic E-state index is -0.564. The summed E-state index contributed by atoms with van der Waals surface area (Å²) in [6, 6.07) is 7.32. The van der Waals surface area contributed by atoms with Gasteiger partial charge in [-0.25, -0.2) is 0 Å². The lowest BCUT2D eigenvalue weighted by Crippen LogP contribution is -2.51. The number of carbonyl (C=O) groups excluding carboxylic acids is 3. The standard InChI is InChI=1S/C15H12N4O3S/c16-12(20)7-19-6-8(9-3-1-2-4-11(9)19)5-10-13(21)17-15(23)18-14(10)22/h1-6H,7H2,(H2,16,20)(H2,17,18,21,22,23). The van der Waals surface area contributed by atoms with Crippen molar-refractivity contribution in [2.75, 3.05) is 0 Å². The van der Waals surface area contributed by atoms with Gasteiger partial charge in [0.2, 0.25) is 5.91 Å². The molecule has 2 aromatic rings. The van der Waals surface area contributed by atoms with Crippen molar-refractivity contribution in [3.63, 3.8) is 0 Å². The van der Waals surface area contributed by atoms with Crippen molar-refractivity contribution in [2.24, 2.45) is 5.73 Å². The van der Waals surface area contributed by atoms with E-state index in [0.29, 0.717) is 5.56 Å². The second-order valence-corrected chi connectivity index (χ2v) is 5.40. The van der Waals surface area contributed by atoms with Crippen molar-refractivity contribution < 1.29 is 14.4 Å². The summed E-state index contributed by atoms with van der Waals surface area (Å²) in [5.74, 6) is -1.61. The average molecular weight is 328 g/mol. The molecule has 0 unspecified atom stereocenters. The minimum Gasteiger partial charge on any atom is -0.368 e. The molecule has 0 radical (unpaired) electrons. The summed E-state index contributed by atoms with van der Waals surface area (Å²) in [6.07, 6.45) is 3.14. The molecule has 1 fully saturated rings. The Morgan fingerprint density at radius 3 is 2.52 bits per heavy atom. The smallest absolute Gasteiger partial charge is 0.263 e. The number of amides is 3. The molecule has 1 saturated heterocycles. The maximum Gasteiger partial charge on any atom is 0.263 e. The van der Waals surface area contributed by atoms with E-state index in [4.69, 9.17) is 18.0 Å². The van der Waals surface area contributed by atoms with Crippen LogP contribution in [0.3, 0.4) is 0 Å². The van der Waals surface area contributed by atoms with Crippen LogP contribution in [0.1, 0.15) is 5.56 Å². The van der Waals surface area contributed by atoms with Crippen LogP contribution in [0.5, 0.6) is 0 Å². The van der Waals surface area contributed by atoms with E-state index in [-0.39, 0.29) is 17.2 Å². The first-order valence-corrected chi connectivity index (χ1v) is 7.11. The van der Waals surface area contributed by atoms with E-state index in [0.717, 1.165) is 10.9 Å². The highest BCUT2D eigenvalue weighted by Gasteiger charge is 2.26. The molecule has 0 spiro atoms. The van der Waals surface area contributed by atoms with Crippen LogP contribution in [0, 0.1) is 0 Å². The van der Waals surface area contributed by atoms with Crippen LogP contribution in [0.2, 0.25) is 0 Å². The van der Waals surface area contributed by atoms with E-state index in [1.807, 2.05) is 24.3 Å². The number of hydrogen-bond acceptors (Lipinski definition) is 4. The minimum absolute atomic E-state index is 0.00612. The zero-order chi connectivity index (χ0) is 16.6. The fraction of sp³-hybridized carbons (Fsp3) is 0.0667. The van der Waals surface area contributed by atoms with Crippen molar-refractivity contribution in [3.8, 4) is 0 Å². The van der Waals surface area contributed by atoms with Crippen LogP contribution >= 0.6 is 12.2 Å². The summed E-state index contributed by atoms with van der Waals surface area (Å²) < 4.78 is 1.67. The van der Waals surface area contributed by atoms with Crippen molar-refractivity contribution in [1.29, 1.82) is 0 Å². The number of nitrogens with zero attached hydrogens (tertiary/aromatic N) is 1. The number of primary amides is 1. The fourth-order valence-electron chi connectivity index (χ4n) is 2.45. The van der Waals surface area contributed by atoms with Gasteiger partial charge in [0.05, 0.1) is 0 Å². The molecule has 4 N–H and O–H groups in total. The van der Waals surface area contributed by atoms with Gasteiger partial charge in [0.1, 0.15) is 12.1 Å². The molecule has 23 heavy (non-hydrogen) atoms. The first-order chi connectivity index (χ1) is 11.0. The number of carbonyl (C=O) groups is 3. The van der Waals surface area contributed by atoms with Crippen LogP contribution in [0.4, 0.5) is 0 Å². The molecule has 116 valence electrons. The Labute approximate surface area is 136 Å². The lowest BCUT2D eigenvalue weighted by Gasteiger charge is -2.16. The van der Waals surface area contributed by atoms with Gasteiger partial charge in [0.15, 0.2) is 5.11 Å². The fourth-order valence-corrected chi connectivity index (χ4v) is 2.64. The zero-order valence-corrected chi connectivity index (χ0v) is 12.6. The molecule has 3 rings (SSSR count). The SMILES string of the molecule is NC(=O)Cn1cc(C=C2C(=O)NC(=S)NC2=O)c2ccccc21. The van der Waals surface area contributed by atoms with Crippen LogP contribution in [-0.2, 0) is 20.9 Å². The molecule has 1 aliphatic heterocycles. The van der Waals surface area contributed by atoms with Crippen LogP contribution < -0.4 is 16.4 Å². The molecule has 8 heteroatoms. The van der Waals surface area contributed by atoms with Gasteiger partial charge in [0.25, 0.3) is 11.8 Å². The number of rotatable bonds is 3. The van der Waals surface area contributed by atoms with Gasteiger partial charge in [-0.3, -0.25) is 25.0 Å². The van der Waals surface area contributed by atoms with E-state index in [1.165, 1.54) is 6.08 Å². The lowest BCUT2D eigenvalue weighted by molar-refractivity contribution is -0.123. The Kier molecular flexibility index (Phi) is 3.67. The number of aromatic nitrogens is 1. The Morgan fingerprint density at radius 2 is 1.87 bits per heavy atom. The summed E-state index contributed by atoms with van der Waals surface area (Å²) in [5.41, 5.74) is 6.61. The summed E-state index contributed by atoms with van der Waals surface area (Å²) in [4.78, 5) is 35.1. The number of fused-ring (bicyclic) bond motifs is 1. The Bertz CT molecular complexity index is 875. The molecule has 0 atom stereocenters. The molecule has 1 aromatic heterocycles. The summed E-state index contributed by atoms with van der Waals surface area (Å²) in [6.45, 7) is 0.00612. The van der Waals surface area contributed by atoms with Crippen molar-refractivity contribution in [1.82, 2.24) is 15.2 Å². The second-order valence-electron chi connectivity index (χ2n) is 4.99. The molecule has 0 aliphatic carbocycles. The largest absolute Gasteiger partial charge is 0.368 e. The zero-order valence-electron chi connectivity index (χ0n) is 11.8. The molecular weight excluding hydrogens is 316 g/mol. The Hall–Kier alpha value is -3.00. The molecular formula is C15H12N4O3S. The summed E-state index contributed by atoms with van der Waals surface area (Å²) >= 11 is 4.76. The molecule has 2 heterocycles. The molecule has 1 aromatic carbocycles. The first kappa shape index (κ1) is 14.9. The van der Waals surface area contributed by atoms with Gasteiger partial charge >= 0.3 is 0 Å². The average Bonchev–Trinajstić information content (AvgIpc) is 2.80. The number of nitrogens with two attached hydrogens (primary N) is 1. The molecule has 0 saturated carbocycles. The Morgan fingerprint density at radius 1 is 1.22 bits per heavy atom. The normalized spacial score (nSPS) is 14.6. The third kappa shape index (κ3) is 2.84. The van der Waals surface area contributed by atoms with Crippen LogP contribution in [0.15, 0.2) is 36.0 Å². The molecule has 0 bridgehead atoms. The van der Waals surface area contributed by atoms with Gasteiger partial charge in [-0.2, -0.15) is 0 Å². The maximum absolute atomic E-state index is 11.9. The molecule has 1 aliphatic rings. The first-order valence-electron chi connectivity index (χ1n) is 6.70. The van der Waals surface area contributed by atoms with E-state index >= 15 is 0 Å². The van der Waals surface area contributed by atoms with E-state index in [2.05, 4.69) is 10.6 Å². The number of hydrogen-bond donors (Lipinski definition) is 3. The van der Waals surface area contributed by atoms with Gasteiger partial charge in [-0.05, 0) is 24.4 Å². The summed E-state index contributed by atoms with van der Waals surface area (Å²) in [5, 5.41) is 5.54. The number of benzene rings is 1. The van der Waals surface area contributed by atoms with Crippen LogP contribution in [0.25, 0.3) is 17.0 Å². The number of nitrogens with one attached hydrogen (secondary N) is 2. The van der Waals surface area contributed by atoms with E-state index in [1.54, 1.807) is 10.8 Å². The van der Waals surface area contributed by atoms with Crippen LogP contribution in [-0.4, -0.2) is 27.4 Å². The van der Waals surface area contributed by atoms with Gasteiger partial charge in [-0.1, -0.05) is 18.2 Å². The predicted octanol–water partition coefficient (Wildman–Crippen LogP) is 0.0409. The summed E-state index contributed by atoms with van der Waals surface area (Å²) in [7, 11) is 0. The molecule has 3 amide bonds. The highest BCUT2D eigenvalue weighted by Crippen LogP contribution is 2.24. The van der Waals surface area contributed by atoms with Gasteiger partial charge in [-0.15, -0.1) is 0 Å². The third-order valence-corrected chi connectivity index (χ3v) is 3.59. The topological polar surface area (TPSA) is 106 Å². The van der Waals surface area contributed by atoms with E-state index in [9.17, 15) is 14.4 Å². The van der Waals surface area contributed by atoms with Gasteiger partial charge in [0, 0.05) is 22.7 Å². The highest BCUT2D eigenvalue weighted by molar-refractivity contribution is 7.80. The van der Waals surface area contributed by atoms with Crippen molar-refractivity contribution in [2.45, 2.75) is 6.54 Å². The Balaban J connectivity index is 2.11. The van der Waals surface area contributed by atoms with Gasteiger partial charge < -0.3 is 10.3 Å². The van der Waals surface area contributed by atoms with Crippen molar-refractivity contribution >= 4 is 52.0 Å². The molecule has 7 nitrogen and oxygen atoms in total. The van der Waals surface area contributed by atoms with Crippen molar-refractivity contribution in [3.05, 3.63) is 41.6 Å². The second kappa shape index (κ2) is 5.65. The maximum atomic E-state index is 11.9. The third-order valence-electron chi connectivity index (χ3n) is 3.39. The quantitative estimate of drug-likeness (QED) is 0.420. The monoisotopic (exact) mass is 328 g/mol. The highest BCUT2D eigenvalue weighted by atomic mass is 32.1. The lowest BCUT2D eigenvalue weighted by atomic mass is 10.1. The number of thiocarbonyl (C=S) groups is 1.